The third kappa shape index (κ3) is 2.81. The lowest BCUT2D eigenvalue weighted by atomic mass is 10.2. The van der Waals surface area contributed by atoms with E-state index in [1.54, 1.807) is 19.1 Å². The first-order valence-corrected chi connectivity index (χ1v) is 5.51. The normalized spacial score (nSPS) is 10.2. The average molecular weight is 266 g/mol. The molecule has 6 heteroatoms. The zero-order chi connectivity index (χ0) is 13.1. The van der Waals surface area contributed by atoms with Crippen molar-refractivity contribution < 1.29 is 9.18 Å². The first-order chi connectivity index (χ1) is 8.56. The van der Waals surface area contributed by atoms with Crippen LogP contribution in [0, 0.1) is 12.7 Å². The van der Waals surface area contributed by atoms with E-state index in [1.165, 1.54) is 18.2 Å². The second-order valence-electron chi connectivity index (χ2n) is 3.66. The van der Waals surface area contributed by atoms with Gasteiger partial charge in [-0.3, -0.25) is 4.79 Å². The van der Waals surface area contributed by atoms with Crippen LogP contribution in [0.1, 0.15) is 16.1 Å². The lowest BCUT2D eigenvalue weighted by Crippen LogP contribution is -2.14. The first kappa shape index (κ1) is 12.4. The Labute approximate surface area is 108 Å². The maximum absolute atomic E-state index is 13.3. The Morgan fingerprint density at radius 3 is 2.67 bits per heavy atom. The van der Waals surface area contributed by atoms with Crippen molar-refractivity contribution in [2.75, 3.05) is 5.32 Å². The molecule has 0 radical (unpaired) electrons. The Morgan fingerprint density at radius 1 is 1.28 bits per heavy atom. The molecule has 18 heavy (non-hydrogen) atoms. The van der Waals surface area contributed by atoms with Gasteiger partial charge in [-0.2, -0.15) is 0 Å². The molecule has 1 amide bonds. The van der Waals surface area contributed by atoms with E-state index in [2.05, 4.69) is 15.5 Å². The number of benzene rings is 1. The summed E-state index contributed by atoms with van der Waals surface area (Å²) in [7, 11) is 0. The third-order valence-corrected chi connectivity index (χ3v) is 2.50. The summed E-state index contributed by atoms with van der Waals surface area (Å²) in [5, 5.41) is 9.90. The number of aromatic nitrogens is 2. The summed E-state index contributed by atoms with van der Waals surface area (Å²) in [6, 6.07) is 7.34. The predicted octanol–water partition coefficient (Wildman–Crippen LogP) is 2.83. The van der Waals surface area contributed by atoms with Gasteiger partial charge in [-0.25, -0.2) is 4.39 Å². The molecule has 2 aromatic rings. The molecule has 2 rings (SSSR count). The van der Waals surface area contributed by atoms with Crippen molar-refractivity contribution in [3.8, 4) is 0 Å². The second-order valence-corrected chi connectivity index (χ2v) is 4.05. The van der Waals surface area contributed by atoms with Crippen LogP contribution in [0.25, 0.3) is 0 Å². The first-order valence-electron chi connectivity index (χ1n) is 5.13. The van der Waals surface area contributed by atoms with Crippen LogP contribution in [-0.2, 0) is 0 Å². The highest BCUT2D eigenvalue weighted by molar-refractivity contribution is 6.29. The number of rotatable bonds is 2. The molecule has 0 atom stereocenters. The van der Waals surface area contributed by atoms with Gasteiger partial charge in [0.25, 0.3) is 5.91 Å². The van der Waals surface area contributed by atoms with Crippen molar-refractivity contribution in [2.45, 2.75) is 6.92 Å². The van der Waals surface area contributed by atoms with Crippen LogP contribution in [0.3, 0.4) is 0 Å². The van der Waals surface area contributed by atoms with Gasteiger partial charge in [0.15, 0.2) is 10.8 Å². The van der Waals surface area contributed by atoms with Gasteiger partial charge < -0.3 is 5.32 Å². The quantitative estimate of drug-likeness (QED) is 0.908. The minimum atomic E-state index is -0.470. The number of halogens is 2. The Balaban J connectivity index is 2.16. The molecule has 0 aliphatic rings. The van der Waals surface area contributed by atoms with Gasteiger partial charge in [0, 0.05) is 5.69 Å². The van der Waals surface area contributed by atoms with Crippen molar-refractivity contribution in [2.24, 2.45) is 0 Å². The van der Waals surface area contributed by atoms with Gasteiger partial charge in [-0.1, -0.05) is 17.7 Å². The molecule has 0 saturated heterocycles. The fraction of sp³-hybridized carbons (Fsp3) is 0.0833. The lowest BCUT2D eigenvalue weighted by molar-refractivity contribution is 0.102. The van der Waals surface area contributed by atoms with Gasteiger partial charge in [-0.15, -0.1) is 10.2 Å². The molecule has 0 aliphatic heterocycles. The van der Waals surface area contributed by atoms with Crippen molar-refractivity contribution in [1.29, 1.82) is 0 Å². The van der Waals surface area contributed by atoms with Crippen LogP contribution in [0.2, 0.25) is 5.15 Å². The van der Waals surface area contributed by atoms with Crippen molar-refractivity contribution in [3.05, 3.63) is 52.6 Å². The molecule has 1 aromatic carbocycles. The Bertz CT molecular complexity index is 586. The smallest absolute Gasteiger partial charge is 0.276 e. The number of aryl methyl sites for hydroxylation is 1. The number of anilines is 1. The number of hydrogen-bond acceptors (Lipinski definition) is 3. The van der Waals surface area contributed by atoms with E-state index in [9.17, 15) is 9.18 Å². The summed E-state index contributed by atoms with van der Waals surface area (Å²) in [6.45, 7) is 1.64. The topological polar surface area (TPSA) is 54.9 Å². The molecule has 0 saturated carbocycles. The summed E-state index contributed by atoms with van der Waals surface area (Å²) in [5.41, 5.74) is 0.986. The van der Waals surface area contributed by atoms with Crippen LogP contribution in [0.15, 0.2) is 30.3 Å². The van der Waals surface area contributed by atoms with Crippen molar-refractivity contribution in [1.82, 2.24) is 10.2 Å². The van der Waals surface area contributed by atoms with E-state index in [-0.39, 0.29) is 16.7 Å². The van der Waals surface area contributed by atoms with Crippen LogP contribution >= 0.6 is 11.6 Å². The van der Waals surface area contributed by atoms with E-state index < -0.39 is 5.91 Å². The number of nitrogens with one attached hydrogen (secondary N) is 1. The number of carbonyl (C=O) groups is 1. The molecular formula is C12H9ClFN3O. The largest absolute Gasteiger partial charge is 0.320 e. The minimum absolute atomic E-state index is 0.111. The van der Waals surface area contributed by atoms with E-state index in [4.69, 9.17) is 11.6 Å². The zero-order valence-corrected chi connectivity index (χ0v) is 10.2. The second kappa shape index (κ2) is 5.10. The molecule has 0 aliphatic carbocycles. The molecule has 1 aromatic heterocycles. The molecule has 0 fully saturated rings. The summed E-state index contributed by atoms with van der Waals surface area (Å²) in [5.74, 6) is -0.850. The maximum atomic E-state index is 13.3. The highest BCUT2D eigenvalue weighted by Crippen LogP contribution is 2.14. The molecule has 1 N–H and O–H groups in total. The number of nitrogens with zero attached hydrogens (tertiary/aromatic N) is 2. The van der Waals surface area contributed by atoms with Gasteiger partial charge in [0.2, 0.25) is 0 Å². The SMILES string of the molecule is Cc1ccc(NC(=O)c2ccc(Cl)nn2)cc1F. The number of amides is 1. The Hall–Kier alpha value is -2.01. The average Bonchev–Trinajstić information content (AvgIpc) is 2.34. The summed E-state index contributed by atoms with van der Waals surface area (Å²) in [4.78, 5) is 11.7. The monoisotopic (exact) mass is 265 g/mol. The van der Waals surface area contributed by atoms with Crippen LogP contribution in [0.5, 0.6) is 0 Å². The predicted molar refractivity (Wildman–Crippen MR) is 66.1 cm³/mol. The van der Waals surface area contributed by atoms with Gasteiger partial charge in [0.05, 0.1) is 0 Å². The minimum Gasteiger partial charge on any atom is -0.320 e. The molecule has 0 unspecified atom stereocenters. The third-order valence-electron chi connectivity index (χ3n) is 2.29. The number of carbonyl (C=O) groups excluding carboxylic acids is 1. The van der Waals surface area contributed by atoms with Gasteiger partial charge in [-0.05, 0) is 36.8 Å². The molecule has 4 nitrogen and oxygen atoms in total. The standard InChI is InChI=1S/C12H9ClFN3O/c1-7-2-3-8(6-9(7)14)15-12(18)10-4-5-11(13)17-16-10/h2-6H,1H3,(H,15,18). The highest BCUT2D eigenvalue weighted by atomic mass is 35.5. The van der Waals surface area contributed by atoms with Crippen molar-refractivity contribution in [3.63, 3.8) is 0 Å². The van der Waals surface area contributed by atoms with Crippen LogP contribution in [0.4, 0.5) is 10.1 Å². The van der Waals surface area contributed by atoms with Crippen LogP contribution in [-0.4, -0.2) is 16.1 Å². The summed E-state index contributed by atoms with van der Waals surface area (Å²) in [6.07, 6.45) is 0. The van der Waals surface area contributed by atoms with E-state index in [1.807, 2.05) is 0 Å². The molecule has 92 valence electrons. The summed E-state index contributed by atoms with van der Waals surface area (Å²) < 4.78 is 13.3. The number of hydrogen-bond donors (Lipinski definition) is 1. The van der Waals surface area contributed by atoms with E-state index in [0.29, 0.717) is 11.3 Å². The fourth-order valence-electron chi connectivity index (χ4n) is 1.30. The fourth-order valence-corrected chi connectivity index (χ4v) is 1.40. The zero-order valence-electron chi connectivity index (χ0n) is 9.45. The molecule has 1 heterocycles. The highest BCUT2D eigenvalue weighted by Gasteiger charge is 2.09. The maximum Gasteiger partial charge on any atom is 0.276 e. The Morgan fingerprint density at radius 2 is 2.06 bits per heavy atom. The molecule has 0 bridgehead atoms. The van der Waals surface area contributed by atoms with E-state index >= 15 is 0 Å². The van der Waals surface area contributed by atoms with E-state index in [0.717, 1.165) is 0 Å². The van der Waals surface area contributed by atoms with Gasteiger partial charge in [0.1, 0.15) is 5.82 Å². The lowest BCUT2D eigenvalue weighted by Gasteiger charge is -2.05. The Kier molecular flexibility index (Phi) is 3.53. The molecular weight excluding hydrogens is 257 g/mol. The summed E-state index contributed by atoms with van der Waals surface area (Å²) >= 11 is 5.56. The van der Waals surface area contributed by atoms with Crippen LogP contribution < -0.4 is 5.32 Å². The van der Waals surface area contributed by atoms with Crippen molar-refractivity contribution >= 4 is 23.2 Å². The molecule has 0 spiro atoms. The van der Waals surface area contributed by atoms with Gasteiger partial charge >= 0.3 is 0 Å².